The highest BCUT2D eigenvalue weighted by Gasteiger charge is 2.28. The summed E-state index contributed by atoms with van der Waals surface area (Å²) in [4.78, 5) is 27.4. The Kier molecular flexibility index (Phi) is 8.16. The van der Waals surface area contributed by atoms with E-state index in [9.17, 15) is 22.8 Å². The van der Waals surface area contributed by atoms with E-state index in [-0.39, 0.29) is 23.8 Å². The Morgan fingerprint density at radius 3 is 2.41 bits per heavy atom. The number of hydrogen-bond donors (Lipinski definition) is 0. The number of benzene rings is 1. The Hall–Kier alpha value is -2.45. The third-order valence-corrected chi connectivity index (χ3v) is 4.63. The number of halogens is 3. The second-order valence-electron chi connectivity index (χ2n) is 6.92. The molecule has 1 heterocycles. The monoisotopic (exact) mass is 416 g/mol. The molecular formula is C20H27F3N2O4. The minimum atomic E-state index is -4.33. The summed E-state index contributed by atoms with van der Waals surface area (Å²) >= 11 is 0. The molecule has 1 aliphatic rings. The van der Waals surface area contributed by atoms with Gasteiger partial charge in [0.15, 0.2) is 18.1 Å². The first-order valence-electron chi connectivity index (χ1n) is 9.71. The number of hydrogen-bond acceptors (Lipinski definition) is 4. The lowest BCUT2D eigenvalue weighted by molar-refractivity contribution is -0.136. The van der Waals surface area contributed by atoms with Crippen LogP contribution >= 0.6 is 0 Å². The number of amides is 2. The van der Waals surface area contributed by atoms with Crippen LogP contribution in [0.3, 0.4) is 0 Å². The molecule has 0 saturated carbocycles. The van der Waals surface area contributed by atoms with E-state index in [4.69, 9.17) is 9.47 Å². The number of alkyl halides is 3. The van der Waals surface area contributed by atoms with Crippen molar-refractivity contribution >= 4 is 11.8 Å². The van der Waals surface area contributed by atoms with Crippen molar-refractivity contribution in [3.05, 3.63) is 23.8 Å². The maximum absolute atomic E-state index is 12.4. The van der Waals surface area contributed by atoms with Crippen LogP contribution in [0.15, 0.2) is 18.2 Å². The molecule has 1 aromatic carbocycles. The fourth-order valence-corrected chi connectivity index (χ4v) is 3.02. The summed E-state index contributed by atoms with van der Waals surface area (Å²) < 4.78 is 48.2. The normalized spacial score (nSPS) is 14.4. The summed E-state index contributed by atoms with van der Waals surface area (Å²) in [5.41, 5.74) is 0.188. The molecule has 1 aromatic rings. The van der Waals surface area contributed by atoms with E-state index in [0.717, 1.165) is 37.3 Å². The average Bonchev–Trinajstić information content (AvgIpc) is 2.70. The molecule has 1 fully saturated rings. The summed E-state index contributed by atoms with van der Waals surface area (Å²) in [5.74, 6) is -0.0777. The first kappa shape index (κ1) is 22.8. The molecule has 9 heteroatoms. The largest absolute Gasteiger partial charge is 0.490 e. The molecule has 0 N–H and O–H groups in total. The van der Waals surface area contributed by atoms with E-state index in [1.54, 1.807) is 11.8 Å². The average molecular weight is 416 g/mol. The number of likely N-dealkylation sites (tertiary alicyclic amines) is 1. The highest BCUT2D eigenvalue weighted by Crippen LogP contribution is 2.29. The van der Waals surface area contributed by atoms with Crippen molar-refractivity contribution in [1.29, 1.82) is 0 Å². The van der Waals surface area contributed by atoms with Gasteiger partial charge in [0, 0.05) is 32.2 Å². The zero-order valence-corrected chi connectivity index (χ0v) is 16.8. The molecule has 0 spiro atoms. The van der Waals surface area contributed by atoms with Gasteiger partial charge in [-0.05, 0) is 44.4 Å². The van der Waals surface area contributed by atoms with E-state index in [1.807, 2.05) is 0 Å². The molecule has 0 aliphatic carbocycles. The molecule has 0 aromatic heterocycles. The number of ether oxygens (including phenoxy) is 2. The molecule has 0 radical (unpaired) electrons. The van der Waals surface area contributed by atoms with Gasteiger partial charge in [-0.1, -0.05) is 0 Å². The standard InChI is InChI=1S/C20H27F3N2O4/c1-3-28-17-13-15(19(27)24(2)12-9-20(21,22)23)7-8-16(17)29-14-18(26)25-10-5-4-6-11-25/h7-8,13H,3-6,9-12,14H2,1-2H3. The molecular weight excluding hydrogens is 389 g/mol. The Labute approximate surface area is 168 Å². The summed E-state index contributed by atoms with van der Waals surface area (Å²) in [6, 6.07) is 4.38. The molecule has 2 rings (SSSR count). The van der Waals surface area contributed by atoms with Crippen molar-refractivity contribution < 1.29 is 32.2 Å². The molecule has 1 saturated heterocycles. The van der Waals surface area contributed by atoms with Gasteiger partial charge in [0.2, 0.25) is 0 Å². The van der Waals surface area contributed by atoms with Crippen LogP contribution in [0.4, 0.5) is 13.2 Å². The van der Waals surface area contributed by atoms with Gasteiger partial charge in [-0.3, -0.25) is 9.59 Å². The third-order valence-electron chi connectivity index (χ3n) is 4.63. The zero-order chi connectivity index (χ0) is 21.4. The second-order valence-corrected chi connectivity index (χ2v) is 6.92. The maximum Gasteiger partial charge on any atom is 0.390 e. The molecule has 2 amide bonds. The molecule has 1 aliphatic heterocycles. The van der Waals surface area contributed by atoms with Gasteiger partial charge in [-0.25, -0.2) is 0 Å². The SMILES string of the molecule is CCOc1cc(C(=O)N(C)CCC(F)(F)F)ccc1OCC(=O)N1CCCCC1. The Bertz CT molecular complexity index is 703. The number of nitrogens with zero attached hydrogens (tertiary/aromatic N) is 2. The quantitative estimate of drug-likeness (QED) is 0.651. The predicted octanol–water partition coefficient (Wildman–Crippen LogP) is 3.50. The van der Waals surface area contributed by atoms with Crippen molar-refractivity contribution in [2.24, 2.45) is 0 Å². The van der Waals surface area contributed by atoms with Crippen LogP contribution in [0, 0.1) is 0 Å². The topological polar surface area (TPSA) is 59.1 Å². The van der Waals surface area contributed by atoms with E-state index in [2.05, 4.69) is 0 Å². The lowest BCUT2D eigenvalue weighted by Crippen LogP contribution is -2.38. The van der Waals surface area contributed by atoms with Gasteiger partial charge >= 0.3 is 6.18 Å². The summed E-state index contributed by atoms with van der Waals surface area (Å²) in [5, 5.41) is 0. The van der Waals surface area contributed by atoms with Gasteiger partial charge < -0.3 is 19.3 Å². The lowest BCUT2D eigenvalue weighted by Gasteiger charge is -2.26. The number of piperidine rings is 1. The Morgan fingerprint density at radius 1 is 1.10 bits per heavy atom. The van der Waals surface area contributed by atoms with Crippen molar-refractivity contribution in [3.63, 3.8) is 0 Å². The van der Waals surface area contributed by atoms with Gasteiger partial charge in [-0.2, -0.15) is 13.2 Å². The van der Waals surface area contributed by atoms with Gasteiger partial charge in [0.05, 0.1) is 13.0 Å². The van der Waals surface area contributed by atoms with E-state index < -0.39 is 25.0 Å². The number of carbonyl (C=O) groups excluding carboxylic acids is 2. The van der Waals surface area contributed by atoms with Crippen molar-refractivity contribution in [1.82, 2.24) is 9.80 Å². The van der Waals surface area contributed by atoms with Crippen LogP contribution in [-0.4, -0.2) is 67.7 Å². The fraction of sp³-hybridized carbons (Fsp3) is 0.600. The first-order valence-corrected chi connectivity index (χ1v) is 9.71. The molecule has 0 atom stereocenters. The lowest BCUT2D eigenvalue weighted by atomic mass is 10.1. The minimum Gasteiger partial charge on any atom is -0.490 e. The fourth-order valence-electron chi connectivity index (χ4n) is 3.02. The van der Waals surface area contributed by atoms with Crippen molar-refractivity contribution in [2.45, 2.75) is 38.8 Å². The number of rotatable bonds is 8. The van der Waals surface area contributed by atoms with Crippen LogP contribution < -0.4 is 9.47 Å². The van der Waals surface area contributed by atoms with E-state index >= 15 is 0 Å². The van der Waals surface area contributed by atoms with E-state index in [0.29, 0.717) is 12.4 Å². The van der Waals surface area contributed by atoms with Crippen molar-refractivity contribution in [2.75, 3.05) is 39.9 Å². The third kappa shape index (κ3) is 7.14. The summed E-state index contributed by atoms with van der Waals surface area (Å²) in [7, 11) is 1.32. The highest BCUT2D eigenvalue weighted by atomic mass is 19.4. The van der Waals surface area contributed by atoms with Gasteiger partial charge in [0.25, 0.3) is 11.8 Å². The maximum atomic E-state index is 12.4. The van der Waals surface area contributed by atoms with E-state index in [1.165, 1.54) is 25.2 Å². The van der Waals surface area contributed by atoms with Crippen molar-refractivity contribution in [3.8, 4) is 11.5 Å². The van der Waals surface area contributed by atoms with Crippen LogP contribution in [0.2, 0.25) is 0 Å². The molecule has 29 heavy (non-hydrogen) atoms. The predicted molar refractivity (Wildman–Crippen MR) is 101 cm³/mol. The Morgan fingerprint density at radius 2 is 1.79 bits per heavy atom. The van der Waals surface area contributed by atoms with Gasteiger partial charge in [0.1, 0.15) is 0 Å². The zero-order valence-electron chi connectivity index (χ0n) is 16.8. The summed E-state index contributed by atoms with van der Waals surface area (Å²) in [6.45, 7) is 2.93. The van der Waals surface area contributed by atoms with Crippen LogP contribution in [0.25, 0.3) is 0 Å². The molecule has 0 bridgehead atoms. The number of carbonyl (C=O) groups is 2. The summed E-state index contributed by atoms with van der Waals surface area (Å²) in [6.07, 6.45) is -2.33. The second kappa shape index (κ2) is 10.4. The highest BCUT2D eigenvalue weighted by molar-refractivity contribution is 5.94. The smallest absolute Gasteiger partial charge is 0.390 e. The first-order chi connectivity index (χ1) is 13.7. The van der Waals surface area contributed by atoms with Crippen LogP contribution in [0.1, 0.15) is 43.0 Å². The van der Waals surface area contributed by atoms with Crippen LogP contribution in [-0.2, 0) is 4.79 Å². The molecule has 162 valence electrons. The molecule has 0 unspecified atom stereocenters. The Balaban J connectivity index is 2.03. The van der Waals surface area contributed by atoms with Crippen LogP contribution in [0.5, 0.6) is 11.5 Å². The molecule has 6 nitrogen and oxygen atoms in total. The van der Waals surface area contributed by atoms with Gasteiger partial charge in [-0.15, -0.1) is 0 Å². The minimum absolute atomic E-state index is 0.112.